The van der Waals surface area contributed by atoms with Gasteiger partial charge in [-0.2, -0.15) is 0 Å². The minimum atomic E-state index is 0.0642. The van der Waals surface area contributed by atoms with Crippen molar-refractivity contribution in [3.05, 3.63) is 82.0 Å². The molecule has 2 aromatic heterocycles. The van der Waals surface area contributed by atoms with Crippen LogP contribution in [0.2, 0.25) is 0 Å². The minimum absolute atomic E-state index is 0.0642. The van der Waals surface area contributed by atoms with Crippen LogP contribution in [0, 0.1) is 0 Å². The lowest BCUT2D eigenvalue weighted by Gasteiger charge is -2.18. The first-order valence-electron chi connectivity index (χ1n) is 12.2. The van der Waals surface area contributed by atoms with Crippen LogP contribution in [-0.2, 0) is 0 Å². The van der Waals surface area contributed by atoms with Gasteiger partial charge in [0.2, 0.25) is 5.69 Å². The Balaban J connectivity index is 0.000000191. The van der Waals surface area contributed by atoms with E-state index in [9.17, 15) is 10.0 Å². The van der Waals surface area contributed by atoms with Crippen molar-refractivity contribution in [3.8, 4) is 0 Å². The molecule has 2 heterocycles. The lowest BCUT2D eigenvalue weighted by molar-refractivity contribution is -0.890. The minimum Gasteiger partial charge on any atom is -0.293 e. The molecule has 180 valence electrons. The summed E-state index contributed by atoms with van der Waals surface area (Å²) in [6.45, 7) is 16.7. The Hall–Kier alpha value is -3.21. The third kappa shape index (κ3) is 4.98. The van der Waals surface area contributed by atoms with E-state index in [-0.39, 0.29) is 17.5 Å². The van der Waals surface area contributed by atoms with E-state index in [4.69, 9.17) is 0 Å². The predicted octanol–water partition coefficient (Wildman–Crippen LogP) is 6.71. The van der Waals surface area contributed by atoms with Gasteiger partial charge in [0, 0.05) is 34.2 Å². The van der Waals surface area contributed by atoms with Gasteiger partial charge in [0.05, 0.1) is 16.3 Å². The Morgan fingerprint density at radius 3 is 2.03 bits per heavy atom. The quantitative estimate of drug-likeness (QED) is 0.272. The second kappa shape index (κ2) is 10.4. The van der Waals surface area contributed by atoms with E-state index in [0.29, 0.717) is 17.2 Å². The maximum absolute atomic E-state index is 12.4. The highest BCUT2D eigenvalue weighted by molar-refractivity contribution is 5.77. The van der Waals surface area contributed by atoms with E-state index in [1.165, 1.54) is 10.3 Å². The first-order chi connectivity index (χ1) is 16.0. The lowest BCUT2D eigenvalue weighted by Crippen LogP contribution is -2.38. The monoisotopic (exact) mass is 460 g/mol. The van der Waals surface area contributed by atoms with Gasteiger partial charge in [-0.25, -0.2) is 4.98 Å². The molecule has 0 saturated heterocycles. The predicted molar refractivity (Wildman–Crippen MR) is 140 cm³/mol. The molecular weight excluding hydrogens is 422 g/mol. The van der Waals surface area contributed by atoms with Gasteiger partial charge >= 0.3 is 0 Å². The smallest absolute Gasteiger partial charge is 0.264 e. The van der Waals surface area contributed by atoms with Crippen LogP contribution in [0.3, 0.4) is 0 Å². The summed E-state index contributed by atoms with van der Waals surface area (Å²) in [6, 6.07) is 17.8. The van der Waals surface area contributed by atoms with Crippen molar-refractivity contribution in [2.45, 2.75) is 79.2 Å². The second-order valence-corrected chi connectivity index (χ2v) is 10.1. The molecule has 0 aliphatic rings. The molecule has 5 nitrogen and oxygen atoms in total. The van der Waals surface area contributed by atoms with Crippen LogP contribution >= 0.6 is 0 Å². The van der Waals surface area contributed by atoms with Gasteiger partial charge in [-0.1, -0.05) is 65.8 Å². The van der Waals surface area contributed by atoms with Crippen LogP contribution in [0.15, 0.2) is 59.4 Å². The molecule has 0 aliphatic heterocycles. The summed E-state index contributed by atoms with van der Waals surface area (Å²) in [6.07, 6.45) is 0. The van der Waals surface area contributed by atoms with Crippen molar-refractivity contribution in [1.82, 2.24) is 9.55 Å². The average Bonchev–Trinajstić information content (AvgIpc) is 2.78. The van der Waals surface area contributed by atoms with E-state index in [1.807, 2.05) is 62.4 Å². The fourth-order valence-corrected chi connectivity index (χ4v) is 4.41. The zero-order chi connectivity index (χ0) is 25.2. The highest BCUT2D eigenvalue weighted by Gasteiger charge is 2.25. The first kappa shape index (κ1) is 25.4. The summed E-state index contributed by atoms with van der Waals surface area (Å²) in [7, 11) is 0. The van der Waals surface area contributed by atoms with E-state index in [2.05, 4.69) is 52.6 Å². The summed E-state index contributed by atoms with van der Waals surface area (Å²) in [5.41, 5.74) is 3.97. The zero-order valence-electron chi connectivity index (χ0n) is 21.7. The molecule has 4 rings (SSSR count). The summed E-state index contributed by atoms with van der Waals surface area (Å²) >= 11 is 0. The summed E-state index contributed by atoms with van der Waals surface area (Å²) in [5, 5.41) is 12.2. The largest absolute Gasteiger partial charge is 0.293 e. The molecule has 0 atom stereocenters. The molecule has 0 spiro atoms. The topological polar surface area (TPSA) is 59.0 Å². The van der Waals surface area contributed by atoms with Crippen molar-refractivity contribution in [2.75, 3.05) is 0 Å². The van der Waals surface area contributed by atoms with E-state index >= 15 is 0 Å². The van der Waals surface area contributed by atoms with Crippen LogP contribution in [0.25, 0.3) is 21.8 Å². The van der Waals surface area contributed by atoms with Gasteiger partial charge in [-0.3, -0.25) is 14.6 Å². The average molecular weight is 461 g/mol. The number of pyridine rings is 1. The number of para-hydroxylation sites is 2. The number of rotatable bonds is 4. The molecule has 4 aromatic rings. The van der Waals surface area contributed by atoms with Crippen LogP contribution < -0.4 is 10.3 Å². The van der Waals surface area contributed by atoms with Crippen LogP contribution in [0.1, 0.15) is 96.3 Å². The number of hydrogen-bond acceptors (Lipinski definition) is 3. The molecule has 0 fully saturated rings. The molecule has 0 bridgehead atoms. The Bertz CT molecular complexity index is 1350. The Labute approximate surface area is 202 Å². The SMILES string of the molecule is CC(C)c1cc2ccccc2[n+](O)c1C(C)C.CC(C)c1nc2ccccc2c(=O)n1C(C)C. The Kier molecular flexibility index (Phi) is 7.75. The Morgan fingerprint density at radius 1 is 0.824 bits per heavy atom. The van der Waals surface area contributed by atoms with E-state index < -0.39 is 0 Å². The normalized spacial score (nSPS) is 11.6. The molecule has 0 amide bonds. The maximum atomic E-state index is 12.4. The van der Waals surface area contributed by atoms with Gasteiger partial charge in [0.15, 0.2) is 0 Å². The fraction of sp³-hybridized carbons (Fsp3) is 0.414. The third-order valence-corrected chi connectivity index (χ3v) is 6.04. The van der Waals surface area contributed by atoms with Gasteiger partial charge < -0.3 is 0 Å². The van der Waals surface area contributed by atoms with Crippen molar-refractivity contribution in [1.29, 1.82) is 0 Å². The molecule has 1 N–H and O–H groups in total. The van der Waals surface area contributed by atoms with Gasteiger partial charge in [-0.05, 0) is 44.0 Å². The molecule has 5 heteroatoms. The van der Waals surface area contributed by atoms with Gasteiger partial charge in [0.25, 0.3) is 11.1 Å². The van der Waals surface area contributed by atoms with Gasteiger partial charge in [0.1, 0.15) is 5.82 Å². The maximum Gasteiger partial charge on any atom is 0.264 e. The zero-order valence-corrected chi connectivity index (χ0v) is 21.7. The Morgan fingerprint density at radius 2 is 1.44 bits per heavy atom. The molecule has 34 heavy (non-hydrogen) atoms. The highest BCUT2D eigenvalue weighted by atomic mass is 16.5. The number of hydrogen-bond donors (Lipinski definition) is 1. The molecule has 0 saturated carbocycles. The van der Waals surface area contributed by atoms with Crippen molar-refractivity contribution in [3.63, 3.8) is 0 Å². The van der Waals surface area contributed by atoms with Crippen molar-refractivity contribution in [2.24, 2.45) is 0 Å². The fourth-order valence-electron chi connectivity index (χ4n) is 4.41. The second-order valence-electron chi connectivity index (χ2n) is 10.1. The molecule has 0 aliphatic carbocycles. The van der Waals surface area contributed by atoms with Crippen LogP contribution in [-0.4, -0.2) is 14.8 Å². The summed E-state index contributed by atoms with van der Waals surface area (Å²) in [5.74, 6) is 1.83. The molecule has 0 radical (unpaired) electrons. The van der Waals surface area contributed by atoms with E-state index in [1.54, 1.807) is 4.57 Å². The number of benzene rings is 2. The standard InChI is InChI=1S/C15H20NO.C14H18N2O/c1-10(2)13-9-12-7-5-6-8-14(12)16(17)15(13)11(3)4;1-9(2)13-15-12-8-6-5-7-11(12)14(17)16(13)10(3)4/h5-11,17H,1-4H3;5-10H,1-4H3/q+1;. The molecule has 0 unspecified atom stereocenters. The van der Waals surface area contributed by atoms with E-state index in [0.717, 1.165) is 27.9 Å². The van der Waals surface area contributed by atoms with Crippen LogP contribution in [0.5, 0.6) is 0 Å². The molecular formula is C29H38N3O2+. The summed E-state index contributed by atoms with van der Waals surface area (Å²) < 4.78 is 3.16. The van der Waals surface area contributed by atoms with Crippen molar-refractivity contribution >= 4 is 21.8 Å². The third-order valence-electron chi connectivity index (χ3n) is 6.04. The number of nitrogens with zero attached hydrogens (tertiary/aromatic N) is 3. The highest BCUT2D eigenvalue weighted by Crippen LogP contribution is 2.26. The first-order valence-corrected chi connectivity index (χ1v) is 12.2. The molecule has 2 aromatic carbocycles. The van der Waals surface area contributed by atoms with Crippen LogP contribution in [0.4, 0.5) is 0 Å². The lowest BCUT2D eigenvalue weighted by atomic mass is 9.94. The number of aromatic nitrogens is 3. The number of fused-ring (bicyclic) bond motifs is 2. The van der Waals surface area contributed by atoms with Gasteiger partial charge in [-0.15, -0.1) is 0 Å². The summed E-state index contributed by atoms with van der Waals surface area (Å²) in [4.78, 5) is 17.0. The van der Waals surface area contributed by atoms with Crippen molar-refractivity contribution < 1.29 is 9.94 Å².